The van der Waals surface area contributed by atoms with E-state index in [1.54, 1.807) is 6.92 Å². The van der Waals surface area contributed by atoms with Gasteiger partial charge in [-0.2, -0.15) is 0 Å². The van der Waals surface area contributed by atoms with Crippen molar-refractivity contribution in [3.8, 4) is 0 Å². The van der Waals surface area contributed by atoms with Gasteiger partial charge < -0.3 is 18.3 Å². The number of rotatable bonds is 7. The molecule has 0 saturated carbocycles. The van der Waals surface area contributed by atoms with Gasteiger partial charge in [-0.05, 0) is 48.8 Å². The van der Waals surface area contributed by atoms with Crippen LogP contribution in [0.25, 0.3) is 0 Å². The average molecular weight is 541 g/mol. The molecule has 0 aromatic carbocycles. The van der Waals surface area contributed by atoms with Crippen molar-refractivity contribution in [3.05, 3.63) is 44.2 Å². The smallest absolute Gasteiger partial charge is 0.330 e. The Labute approximate surface area is 216 Å². The molecular formula is C25H44N2O7Si2. The van der Waals surface area contributed by atoms with E-state index < -0.39 is 52.3 Å². The van der Waals surface area contributed by atoms with E-state index in [-0.39, 0.29) is 16.7 Å². The van der Waals surface area contributed by atoms with Crippen LogP contribution in [-0.2, 0) is 23.1 Å². The Balaban J connectivity index is 2.65. The Bertz CT molecular complexity index is 1110. The number of carbonyl (C=O) groups excluding carboxylic acids is 1. The first-order chi connectivity index (χ1) is 16.2. The number of esters is 1. The highest BCUT2D eigenvalue weighted by atomic mass is 28.4. The van der Waals surface area contributed by atoms with Crippen LogP contribution in [-0.4, -0.2) is 58.1 Å². The van der Waals surface area contributed by atoms with Crippen LogP contribution in [0.5, 0.6) is 0 Å². The molecule has 2 rings (SSSR count). The van der Waals surface area contributed by atoms with Crippen LogP contribution in [0, 0.1) is 6.92 Å². The number of H-pyrrole nitrogens is 1. The van der Waals surface area contributed by atoms with Crippen molar-refractivity contribution < 1.29 is 23.1 Å². The summed E-state index contributed by atoms with van der Waals surface area (Å²) in [5.41, 5.74) is -0.142. The molecule has 9 nitrogen and oxygen atoms in total. The number of aryl methyl sites for hydroxylation is 1. The fourth-order valence-corrected chi connectivity index (χ4v) is 5.52. The zero-order chi connectivity index (χ0) is 27.9. The molecule has 0 aliphatic carbocycles. The van der Waals surface area contributed by atoms with Gasteiger partial charge in [-0.3, -0.25) is 14.3 Å². The Morgan fingerprint density at radius 1 is 1.08 bits per heavy atom. The van der Waals surface area contributed by atoms with Crippen LogP contribution < -0.4 is 11.2 Å². The maximum atomic E-state index is 12.9. The third-order valence-corrected chi connectivity index (χ3v) is 16.8. The summed E-state index contributed by atoms with van der Waals surface area (Å²) in [5, 5.41) is -0.170. The summed E-state index contributed by atoms with van der Waals surface area (Å²) in [6.45, 7) is 23.1. The van der Waals surface area contributed by atoms with Crippen LogP contribution >= 0.6 is 0 Å². The summed E-state index contributed by atoms with van der Waals surface area (Å²) < 4.78 is 25.9. The Morgan fingerprint density at radius 3 is 2.14 bits per heavy atom. The monoisotopic (exact) mass is 540 g/mol. The van der Waals surface area contributed by atoms with Gasteiger partial charge in [-0.15, -0.1) is 0 Å². The molecule has 0 bridgehead atoms. The van der Waals surface area contributed by atoms with Crippen molar-refractivity contribution in [3.63, 3.8) is 0 Å². The van der Waals surface area contributed by atoms with E-state index in [9.17, 15) is 14.4 Å². The van der Waals surface area contributed by atoms with Crippen LogP contribution in [0.3, 0.4) is 0 Å². The lowest BCUT2D eigenvalue weighted by atomic mass is 10.1. The quantitative estimate of drug-likeness (QED) is 0.313. The second-order valence-electron chi connectivity index (χ2n) is 12.5. The molecule has 0 spiro atoms. The summed E-state index contributed by atoms with van der Waals surface area (Å²) in [6.07, 6.45) is 0.575. The lowest BCUT2D eigenvalue weighted by molar-refractivity contribution is -0.135. The molecule has 0 amide bonds. The maximum Gasteiger partial charge on any atom is 0.330 e. The van der Waals surface area contributed by atoms with Crippen molar-refractivity contribution >= 4 is 22.6 Å². The number of methoxy groups -OCH3 is 1. The van der Waals surface area contributed by atoms with Crippen LogP contribution in [0.4, 0.5) is 0 Å². The number of nitrogens with one attached hydrogen (secondary N) is 1. The van der Waals surface area contributed by atoms with E-state index in [1.165, 1.54) is 23.9 Å². The first kappa shape index (κ1) is 30.4. The van der Waals surface area contributed by atoms with Gasteiger partial charge in [0.1, 0.15) is 12.2 Å². The van der Waals surface area contributed by atoms with Gasteiger partial charge in [0, 0.05) is 17.8 Å². The largest absolute Gasteiger partial charge is 0.466 e. The molecule has 204 valence electrons. The van der Waals surface area contributed by atoms with Gasteiger partial charge >= 0.3 is 11.7 Å². The number of hydrogen-bond acceptors (Lipinski definition) is 7. The van der Waals surface area contributed by atoms with Crippen molar-refractivity contribution in [1.82, 2.24) is 9.55 Å². The minimum Gasteiger partial charge on any atom is -0.466 e. The molecule has 0 unspecified atom stereocenters. The molecule has 1 aromatic rings. The molecule has 1 aliphatic rings. The van der Waals surface area contributed by atoms with E-state index >= 15 is 0 Å². The second kappa shape index (κ2) is 10.5. The molecule has 1 fully saturated rings. The van der Waals surface area contributed by atoms with E-state index in [0.29, 0.717) is 11.1 Å². The standard InChI is InChI=1S/C25H44N2O7Si2/c1-16-14-27(23(30)26-21(16)29)22-20(34-36(11,12)25(5,6)7)17(13-19(28)31-8)18(33-22)15-32-35(9,10)24(2,3)4/h13-14,18,20,22H,15H2,1-12H3,(H,26,29,30)/b17-13+/t18-,20-,22-/m1/s1. The molecule has 3 atom stereocenters. The van der Waals surface area contributed by atoms with Crippen LogP contribution in [0.1, 0.15) is 53.3 Å². The SMILES string of the molecule is COC(=O)/C=C1/[C@@H](O[Si](C)(C)C(C)(C)C)[C@H](n2cc(C)c(=O)[nH]c2=O)O[C@@H]1CO[Si](C)(C)C(C)(C)C. The molecule has 2 heterocycles. The summed E-state index contributed by atoms with van der Waals surface area (Å²) in [4.78, 5) is 39.7. The van der Waals surface area contributed by atoms with Crippen molar-refractivity contribution in [1.29, 1.82) is 0 Å². The Hall–Kier alpha value is -1.80. The van der Waals surface area contributed by atoms with Crippen molar-refractivity contribution in [2.45, 2.75) is 103 Å². The first-order valence-electron chi connectivity index (χ1n) is 12.3. The predicted molar refractivity (Wildman–Crippen MR) is 145 cm³/mol. The second-order valence-corrected chi connectivity index (χ2v) is 22.1. The van der Waals surface area contributed by atoms with Gasteiger partial charge in [0.15, 0.2) is 22.9 Å². The van der Waals surface area contributed by atoms with Gasteiger partial charge in [0.2, 0.25) is 0 Å². The molecule has 1 aliphatic heterocycles. The lowest BCUT2D eigenvalue weighted by Gasteiger charge is -2.39. The Morgan fingerprint density at radius 2 is 1.64 bits per heavy atom. The predicted octanol–water partition coefficient (Wildman–Crippen LogP) is 4.25. The number of aromatic nitrogens is 2. The molecule has 0 radical (unpaired) electrons. The number of nitrogens with zero attached hydrogens (tertiary/aromatic N) is 1. The highest BCUT2D eigenvalue weighted by Crippen LogP contribution is 2.44. The molecular weight excluding hydrogens is 496 g/mol. The summed E-state index contributed by atoms with van der Waals surface area (Å²) in [6, 6.07) is 0. The van der Waals surface area contributed by atoms with Gasteiger partial charge in [0.05, 0.1) is 13.7 Å². The fourth-order valence-electron chi connectivity index (χ4n) is 3.28. The van der Waals surface area contributed by atoms with Gasteiger partial charge in [-0.1, -0.05) is 41.5 Å². The third-order valence-electron chi connectivity index (χ3n) is 7.80. The normalized spacial score (nSPS) is 22.8. The fraction of sp³-hybridized carbons (Fsp3) is 0.720. The summed E-state index contributed by atoms with van der Waals surface area (Å²) in [5.74, 6) is -0.541. The number of aromatic amines is 1. The highest BCUT2D eigenvalue weighted by Gasteiger charge is 2.49. The number of hydrogen-bond donors (Lipinski definition) is 1. The molecule has 11 heteroatoms. The van der Waals surface area contributed by atoms with Crippen LogP contribution in [0.2, 0.25) is 36.3 Å². The zero-order valence-corrected chi connectivity index (χ0v) is 25.9. The Kier molecular flexibility index (Phi) is 8.89. The van der Waals surface area contributed by atoms with E-state index in [0.717, 1.165) is 0 Å². The topological polar surface area (TPSA) is 109 Å². The minimum atomic E-state index is -2.40. The zero-order valence-electron chi connectivity index (χ0n) is 23.9. The number of ether oxygens (including phenoxy) is 2. The summed E-state index contributed by atoms with van der Waals surface area (Å²) >= 11 is 0. The molecule has 1 aromatic heterocycles. The molecule has 36 heavy (non-hydrogen) atoms. The molecule has 1 N–H and O–H groups in total. The van der Waals surface area contributed by atoms with E-state index in [2.05, 4.69) is 72.7 Å². The van der Waals surface area contributed by atoms with E-state index in [4.69, 9.17) is 18.3 Å². The molecule has 1 saturated heterocycles. The van der Waals surface area contributed by atoms with Crippen LogP contribution in [0.15, 0.2) is 27.4 Å². The lowest BCUT2D eigenvalue weighted by Crippen LogP contribution is -2.47. The van der Waals surface area contributed by atoms with Crippen molar-refractivity contribution in [2.24, 2.45) is 0 Å². The van der Waals surface area contributed by atoms with Gasteiger partial charge in [-0.25, -0.2) is 9.59 Å². The number of carbonyl (C=O) groups is 1. The minimum absolute atomic E-state index is 0.0265. The highest BCUT2D eigenvalue weighted by molar-refractivity contribution is 6.74. The maximum absolute atomic E-state index is 12.9. The van der Waals surface area contributed by atoms with E-state index in [1.807, 2.05) is 0 Å². The third kappa shape index (κ3) is 6.55. The summed E-state index contributed by atoms with van der Waals surface area (Å²) in [7, 11) is -3.24. The first-order valence-corrected chi connectivity index (χ1v) is 18.1. The van der Waals surface area contributed by atoms with Crippen molar-refractivity contribution in [2.75, 3.05) is 13.7 Å². The van der Waals surface area contributed by atoms with Gasteiger partial charge in [0.25, 0.3) is 5.56 Å². The average Bonchev–Trinajstić information content (AvgIpc) is 3.03.